The molecule has 1 aliphatic heterocycles. The average molecular weight is 769 g/mol. The van der Waals surface area contributed by atoms with Gasteiger partial charge in [-0.15, -0.1) is 0 Å². The zero-order chi connectivity index (χ0) is 39.3. The first-order valence-corrected chi connectivity index (χ1v) is 19.8. The van der Waals surface area contributed by atoms with Crippen molar-refractivity contribution in [2.75, 3.05) is 6.61 Å². The van der Waals surface area contributed by atoms with Gasteiger partial charge in [-0.2, -0.15) is 8.78 Å². The molecule has 0 unspecified atom stereocenters. The van der Waals surface area contributed by atoms with Gasteiger partial charge in [0.2, 0.25) is 0 Å². The van der Waals surface area contributed by atoms with Gasteiger partial charge in [-0.25, -0.2) is 0 Å². The summed E-state index contributed by atoms with van der Waals surface area (Å²) in [5.74, 6) is -3.52. The standard InChI is InChI=1S/C50H50F2O5/c1-2-37-27-29-38(30-28-37)31-43-25-15-16-26-44(43)50(51,52)49-48(56-35-42-23-13-6-14-24-42)47(55-34-41-21-11-5-12-22-41)46(54-33-40-19-9-4-10-20-40)45(57-49)36-53-32-39-17-7-3-8-18-39/h3-30,45-49H,2,31-36H2,1H3/t45-,46-,47+,48-,49-/m1/s1. The van der Waals surface area contributed by atoms with Crippen molar-refractivity contribution in [3.63, 3.8) is 0 Å². The minimum absolute atomic E-state index is 0.0110. The summed E-state index contributed by atoms with van der Waals surface area (Å²) in [7, 11) is 0. The number of alkyl halides is 2. The lowest BCUT2D eigenvalue weighted by atomic mass is 9.86. The van der Waals surface area contributed by atoms with E-state index in [1.54, 1.807) is 18.2 Å². The molecule has 0 bridgehead atoms. The van der Waals surface area contributed by atoms with Crippen LogP contribution in [0.1, 0.15) is 51.4 Å². The van der Waals surface area contributed by atoms with E-state index in [1.165, 1.54) is 11.6 Å². The van der Waals surface area contributed by atoms with Crippen LogP contribution in [-0.2, 0) is 68.9 Å². The van der Waals surface area contributed by atoms with Crippen LogP contribution in [0.3, 0.4) is 0 Å². The number of benzene rings is 6. The number of halogens is 2. The molecule has 1 heterocycles. The van der Waals surface area contributed by atoms with E-state index in [9.17, 15) is 0 Å². The first-order chi connectivity index (χ1) is 28.0. The van der Waals surface area contributed by atoms with Gasteiger partial charge in [-0.3, -0.25) is 0 Å². The molecule has 0 N–H and O–H groups in total. The molecule has 6 aromatic rings. The fraction of sp³-hybridized carbons (Fsp3) is 0.280. The number of rotatable bonds is 18. The Morgan fingerprint density at radius 3 is 1.44 bits per heavy atom. The Morgan fingerprint density at radius 2 is 0.912 bits per heavy atom. The summed E-state index contributed by atoms with van der Waals surface area (Å²) in [5, 5.41) is 0. The van der Waals surface area contributed by atoms with E-state index in [4.69, 9.17) is 23.7 Å². The van der Waals surface area contributed by atoms with E-state index in [0.29, 0.717) is 12.0 Å². The third-order valence-corrected chi connectivity index (χ3v) is 10.4. The maximum atomic E-state index is 17.8. The third-order valence-electron chi connectivity index (χ3n) is 10.4. The molecular formula is C50H50F2O5. The Labute approximate surface area is 335 Å². The fourth-order valence-electron chi connectivity index (χ4n) is 7.35. The Morgan fingerprint density at radius 1 is 0.474 bits per heavy atom. The van der Waals surface area contributed by atoms with Crippen LogP contribution in [0.25, 0.3) is 0 Å². The van der Waals surface area contributed by atoms with Crippen LogP contribution in [0.15, 0.2) is 170 Å². The molecule has 0 aromatic heterocycles. The maximum absolute atomic E-state index is 17.8. The van der Waals surface area contributed by atoms with Crippen molar-refractivity contribution >= 4 is 0 Å². The Bertz CT molecular complexity index is 2060. The average Bonchev–Trinajstić information content (AvgIpc) is 3.26. The molecule has 57 heavy (non-hydrogen) atoms. The van der Waals surface area contributed by atoms with Gasteiger partial charge in [0.1, 0.15) is 24.4 Å². The Kier molecular flexibility index (Phi) is 14.0. The molecule has 1 aliphatic rings. The molecule has 5 atom stereocenters. The van der Waals surface area contributed by atoms with Gasteiger partial charge in [0.15, 0.2) is 6.10 Å². The van der Waals surface area contributed by atoms with Crippen LogP contribution >= 0.6 is 0 Å². The van der Waals surface area contributed by atoms with Gasteiger partial charge < -0.3 is 23.7 Å². The summed E-state index contributed by atoms with van der Waals surface area (Å²) < 4.78 is 68.7. The first-order valence-electron chi connectivity index (χ1n) is 19.8. The van der Waals surface area contributed by atoms with E-state index in [1.807, 2.05) is 133 Å². The van der Waals surface area contributed by atoms with Crippen LogP contribution in [0.2, 0.25) is 0 Å². The zero-order valence-electron chi connectivity index (χ0n) is 32.3. The molecule has 0 aliphatic carbocycles. The smallest absolute Gasteiger partial charge is 0.301 e. The molecule has 0 amide bonds. The minimum atomic E-state index is -3.52. The lowest BCUT2D eigenvalue weighted by Crippen LogP contribution is -2.64. The molecule has 1 fully saturated rings. The highest BCUT2D eigenvalue weighted by atomic mass is 19.3. The van der Waals surface area contributed by atoms with Crippen LogP contribution in [0, 0.1) is 0 Å². The number of ether oxygens (including phenoxy) is 5. The number of hydrogen-bond acceptors (Lipinski definition) is 5. The second kappa shape index (κ2) is 19.9. The van der Waals surface area contributed by atoms with E-state index in [2.05, 4.69) is 19.1 Å². The van der Waals surface area contributed by atoms with Crippen LogP contribution < -0.4 is 0 Å². The molecule has 7 heteroatoms. The third kappa shape index (κ3) is 10.7. The van der Waals surface area contributed by atoms with Crippen molar-refractivity contribution < 1.29 is 32.5 Å². The van der Waals surface area contributed by atoms with Crippen molar-refractivity contribution in [3.8, 4) is 0 Å². The zero-order valence-corrected chi connectivity index (χ0v) is 32.3. The predicted molar refractivity (Wildman–Crippen MR) is 219 cm³/mol. The molecule has 5 nitrogen and oxygen atoms in total. The summed E-state index contributed by atoms with van der Waals surface area (Å²) in [4.78, 5) is 0. The highest BCUT2D eigenvalue weighted by Crippen LogP contribution is 2.44. The van der Waals surface area contributed by atoms with E-state index < -0.39 is 36.4 Å². The van der Waals surface area contributed by atoms with Gasteiger partial charge in [0, 0.05) is 5.56 Å². The van der Waals surface area contributed by atoms with Crippen molar-refractivity contribution in [3.05, 3.63) is 214 Å². The van der Waals surface area contributed by atoms with E-state index in [-0.39, 0.29) is 38.6 Å². The fourth-order valence-corrected chi connectivity index (χ4v) is 7.35. The molecule has 0 saturated carbocycles. The molecule has 6 aromatic carbocycles. The van der Waals surface area contributed by atoms with Gasteiger partial charge in [0.25, 0.3) is 0 Å². The minimum Gasteiger partial charge on any atom is -0.374 e. The van der Waals surface area contributed by atoms with Gasteiger partial charge >= 0.3 is 5.92 Å². The first kappa shape index (κ1) is 40.2. The summed E-state index contributed by atoms with van der Waals surface area (Å²) in [5.41, 5.74) is 6.16. The van der Waals surface area contributed by atoms with Crippen molar-refractivity contribution in [1.82, 2.24) is 0 Å². The van der Waals surface area contributed by atoms with Gasteiger partial charge in [0.05, 0.1) is 33.0 Å². The SMILES string of the molecule is CCc1ccc(Cc2ccccc2C(F)(F)[C@@H]2O[C@H](COCc3ccccc3)[C@@H](OCc3ccccc3)[C@H](OCc3ccccc3)[C@H]2OCc2ccccc2)cc1. The summed E-state index contributed by atoms with van der Waals surface area (Å²) in [6.07, 6.45) is -4.50. The highest BCUT2D eigenvalue weighted by molar-refractivity contribution is 5.37. The van der Waals surface area contributed by atoms with Crippen LogP contribution in [-0.4, -0.2) is 37.1 Å². The Balaban J connectivity index is 1.28. The lowest BCUT2D eigenvalue weighted by Gasteiger charge is -2.48. The number of aryl methyl sites for hydroxylation is 1. The number of hydrogen-bond donors (Lipinski definition) is 0. The largest absolute Gasteiger partial charge is 0.374 e. The summed E-state index contributed by atoms with van der Waals surface area (Å²) in [6.45, 7) is 2.79. The highest BCUT2D eigenvalue weighted by Gasteiger charge is 2.58. The monoisotopic (exact) mass is 768 g/mol. The van der Waals surface area contributed by atoms with Crippen molar-refractivity contribution in [2.24, 2.45) is 0 Å². The van der Waals surface area contributed by atoms with Crippen molar-refractivity contribution in [2.45, 2.75) is 82.6 Å². The van der Waals surface area contributed by atoms with Crippen LogP contribution in [0.5, 0.6) is 0 Å². The molecule has 1 saturated heterocycles. The summed E-state index contributed by atoms with van der Waals surface area (Å²) in [6, 6.07) is 53.6. The van der Waals surface area contributed by atoms with E-state index >= 15 is 8.78 Å². The van der Waals surface area contributed by atoms with Crippen LogP contribution in [0.4, 0.5) is 8.78 Å². The lowest BCUT2D eigenvalue weighted by molar-refractivity contribution is -0.313. The second-order valence-electron chi connectivity index (χ2n) is 14.5. The maximum Gasteiger partial charge on any atom is 0.301 e. The molecule has 294 valence electrons. The Hall–Kier alpha value is -5.02. The van der Waals surface area contributed by atoms with Crippen molar-refractivity contribution in [1.29, 1.82) is 0 Å². The molecule has 7 rings (SSSR count). The normalized spacial score (nSPS) is 19.7. The molecular weight excluding hydrogens is 719 g/mol. The molecule has 0 radical (unpaired) electrons. The predicted octanol–water partition coefficient (Wildman–Crippen LogP) is 10.7. The molecule has 0 spiro atoms. The summed E-state index contributed by atoms with van der Waals surface area (Å²) >= 11 is 0. The van der Waals surface area contributed by atoms with Gasteiger partial charge in [-0.05, 0) is 51.8 Å². The quantitative estimate of drug-likeness (QED) is 0.0871. The van der Waals surface area contributed by atoms with Gasteiger partial charge in [-0.1, -0.05) is 177 Å². The van der Waals surface area contributed by atoms with E-state index in [0.717, 1.165) is 34.2 Å². The topological polar surface area (TPSA) is 46.2 Å². The second-order valence-corrected chi connectivity index (χ2v) is 14.5.